The lowest BCUT2D eigenvalue weighted by molar-refractivity contribution is 0.595. The molecule has 0 fully saturated rings. The Balaban J connectivity index is 1.83. The van der Waals surface area contributed by atoms with E-state index in [1.54, 1.807) is 10.6 Å². The van der Waals surface area contributed by atoms with Crippen LogP contribution in [0.1, 0.15) is 4.88 Å². The first kappa shape index (κ1) is 18.7. The summed E-state index contributed by atoms with van der Waals surface area (Å²) in [5, 5.41) is 1.94. The Morgan fingerprint density at radius 1 is 0.967 bits per heavy atom. The van der Waals surface area contributed by atoms with Gasteiger partial charge in [-0.25, -0.2) is 22.8 Å². The van der Waals surface area contributed by atoms with Crippen molar-refractivity contribution < 1.29 is 12.8 Å². The van der Waals surface area contributed by atoms with Crippen LogP contribution in [0.2, 0.25) is 0 Å². The average Bonchev–Trinajstić information content (AvgIpc) is 3.34. The first-order valence-corrected chi connectivity index (χ1v) is 11.4. The van der Waals surface area contributed by atoms with Crippen LogP contribution in [0.25, 0.3) is 22.2 Å². The van der Waals surface area contributed by atoms with Gasteiger partial charge in [0.2, 0.25) is 9.84 Å². The maximum Gasteiger partial charge on any atom is 0.212 e. The highest BCUT2D eigenvalue weighted by molar-refractivity contribution is 7.92. The van der Waals surface area contributed by atoms with E-state index in [4.69, 9.17) is 5.73 Å². The van der Waals surface area contributed by atoms with Gasteiger partial charge in [0, 0.05) is 4.88 Å². The second kappa shape index (κ2) is 6.89. The zero-order valence-corrected chi connectivity index (χ0v) is 17.1. The molecule has 3 aromatic heterocycles. The molecule has 3 heterocycles. The third-order valence-corrected chi connectivity index (χ3v) is 7.53. The van der Waals surface area contributed by atoms with Crippen LogP contribution in [0.5, 0.6) is 0 Å². The van der Waals surface area contributed by atoms with E-state index in [9.17, 15) is 12.8 Å². The number of halogens is 1. The summed E-state index contributed by atoms with van der Waals surface area (Å²) >= 11 is 1.54. The maximum absolute atomic E-state index is 13.5. The van der Waals surface area contributed by atoms with Gasteiger partial charge in [-0.2, -0.15) is 0 Å². The Morgan fingerprint density at radius 2 is 1.67 bits per heavy atom. The molecule has 0 amide bonds. The summed E-state index contributed by atoms with van der Waals surface area (Å²) in [7, 11) is -4.05. The number of thiophene rings is 1. The number of nitrogens with zero attached hydrogens (tertiary/aromatic N) is 3. The van der Waals surface area contributed by atoms with E-state index in [0.717, 1.165) is 17.0 Å². The molecule has 0 aliphatic heterocycles. The maximum atomic E-state index is 13.5. The van der Waals surface area contributed by atoms with E-state index in [1.165, 1.54) is 23.5 Å². The minimum absolute atomic E-state index is 0.0537. The molecule has 0 aliphatic carbocycles. The van der Waals surface area contributed by atoms with Crippen LogP contribution in [0.15, 0.2) is 75.8 Å². The fraction of sp³-hybridized carbons (Fsp3) is 0.0476. The molecule has 0 saturated carbocycles. The van der Waals surface area contributed by atoms with Gasteiger partial charge in [0.15, 0.2) is 5.65 Å². The van der Waals surface area contributed by atoms with Gasteiger partial charge in [0.05, 0.1) is 22.5 Å². The number of para-hydroxylation sites is 2. The van der Waals surface area contributed by atoms with Crippen molar-refractivity contribution in [3.63, 3.8) is 0 Å². The molecule has 5 rings (SSSR count). The molecule has 150 valence electrons. The average molecular weight is 439 g/mol. The fourth-order valence-electron chi connectivity index (χ4n) is 3.40. The molecule has 2 N–H and O–H groups in total. The highest BCUT2D eigenvalue weighted by Gasteiger charge is 2.30. The van der Waals surface area contributed by atoms with E-state index in [-0.39, 0.29) is 21.1 Å². The number of nitrogen functional groups attached to an aromatic ring is 1. The third-order valence-electron chi connectivity index (χ3n) is 4.83. The standard InChI is InChI=1S/C21H15FN4O2S2/c22-13-7-9-15(10-8-13)30(27,28)19-18-21(25-17-6-2-1-5-16(17)24-18)26(20(19)23)12-14-4-3-11-29-14/h1-11H,12,23H2. The van der Waals surface area contributed by atoms with Crippen molar-refractivity contribution in [2.75, 3.05) is 5.73 Å². The summed E-state index contributed by atoms with van der Waals surface area (Å²) in [4.78, 5) is 10.1. The number of hydrogen-bond donors (Lipinski definition) is 1. The largest absolute Gasteiger partial charge is 0.384 e. The quantitative estimate of drug-likeness (QED) is 0.424. The molecule has 0 spiro atoms. The van der Waals surface area contributed by atoms with E-state index in [1.807, 2.05) is 35.7 Å². The van der Waals surface area contributed by atoms with Crippen LogP contribution in [0.4, 0.5) is 10.2 Å². The number of sulfone groups is 1. The van der Waals surface area contributed by atoms with Gasteiger partial charge in [-0.15, -0.1) is 11.3 Å². The van der Waals surface area contributed by atoms with Crippen LogP contribution >= 0.6 is 11.3 Å². The molecule has 0 aliphatic rings. The summed E-state index contributed by atoms with van der Waals surface area (Å²) < 4.78 is 41.9. The fourth-order valence-corrected chi connectivity index (χ4v) is 5.60. The topological polar surface area (TPSA) is 90.9 Å². The van der Waals surface area contributed by atoms with Crippen molar-refractivity contribution >= 4 is 49.2 Å². The first-order chi connectivity index (χ1) is 14.4. The van der Waals surface area contributed by atoms with Gasteiger partial charge < -0.3 is 10.3 Å². The number of nitrogens with two attached hydrogens (primary N) is 1. The third kappa shape index (κ3) is 2.94. The molecule has 0 saturated heterocycles. The van der Waals surface area contributed by atoms with Crippen molar-refractivity contribution in [2.45, 2.75) is 16.3 Å². The van der Waals surface area contributed by atoms with Crippen molar-refractivity contribution in [1.29, 1.82) is 0 Å². The number of aromatic nitrogens is 3. The summed E-state index contributed by atoms with van der Waals surface area (Å²) in [5.41, 5.74) is 8.18. The SMILES string of the molecule is Nc1c(S(=O)(=O)c2ccc(F)cc2)c2nc3ccccc3nc2n1Cc1cccs1. The molecule has 2 aromatic carbocycles. The van der Waals surface area contributed by atoms with Crippen molar-refractivity contribution in [3.05, 3.63) is 76.7 Å². The molecule has 0 unspecified atom stereocenters. The minimum atomic E-state index is -4.05. The molecule has 0 atom stereocenters. The second-order valence-corrected chi connectivity index (χ2v) is 9.64. The van der Waals surface area contributed by atoms with Gasteiger partial charge in [0.25, 0.3) is 0 Å². The summed E-state index contributed by atoms with van der Waals surface area (Å²) in [5.74, 6) is -0.467. The van der Waals surface area contributed by atoms with Gasteiger partial charge >= 0.3 is 0 Å². The van der Waals surface area contributed by atoms with Crippen LogP contribution in [0, 0.1) is 5.82 Å². The van der Waals surface area contributed by atoms with E-state index in [0.29, 0.717) is 23.2 Å². The predicted molar refractivity (Wildman–Crippen MR) is 115 cm³/mol. The Morgan fingerprint density at radius 3 is 2.33 bits per heavy atom. The smallest absolute Gasteiger partial charge is 0.212 e. The Bertz CT molecular complexity index is 1490. The van der Waals surface area contributed by atoms with Gasteiger partial charge in [-0.3, -0.25) is 0 Å². The Labute approximate surface area is 175 Å². The van der Waals surface area contributed by atoms with Gasteiger partial charge in [-0.1, -0.05) is 18.2 Å². The normalized spacial score (nSPS) is 12.0. The zero-order valence-electron chi connectivity index (χ0n) is 15.5. The minimum Gasteiger partial charge on any atom is -0.384 e. The number of rotatable bonds is 4. The molecule has 30 heavy (non-hydrogen) atoms. The van der Waals surface area contributed by atoms with Gasteiger partial charge in [0.1, 0.15) is 22.0 Å². The highest BCUT2D eigenvalue weighted by Crippen LogP contribution is 2.36. The number of benzene rings is 2. The van der Waals surface area contributed by atoms with E-state index in [2.05, 4.69) is 9.97 Å². The number of hydrogen-bond acceptors (Lipinski definition) is 6. The number of anilines is 1. The molecule has 6 nitrogen and oxygen atoms in total. The lowest BCUT2D eigenvalue weighted by Crippen LogP contribution is -2.08. The van der Waals surface area contributed by atoms with E-state index < -0.39 is 15.7 Å². The van der Waals surface area contributed by atoms with Crippen LogP contribution in [0.3, 0.4) is 0 Å². The molecule has 9 heteroatoms. The molecule has 0 radical (unpaired) electrons. The molecule has 0 bridgehead atoms. The highest BCUT2D eigenvalue weighted by atomic mass is 32.2. The monoisotopic (exact) mass is 438 g/mol. The first-order valence-electron chi connectivity index (χ1n) is 9.02. The molecular formula is C21H15FN4O2S2. The number of fused-ring (bicyclic) bond motifs is 2. The van der Waals surface area contributed by atoms with Crippen molar-refractivity contribution in [3.8, 4) is 0 Å². The second-order valence-electron chi connectivity index (χ2n) is 6.72. The van der Waals surface area contributed by atoms with Crippen molar-refractivity contribution in [1.82, 2.24) is 14.5 Å². The van der Waals surface area contributed by atoms with Crippen LogP contribution in [-0.4, -0.2) is 23.0 Å². The van der Waals surface area contributed by atoms with E-state index >= 15 is 0 Å². The lowest BCUT2D eigenvalue weighted by Gasteiger charge is -2.07. The Hall–Kier alpha value is -3.30. The zero-order chi connectivity index (χ0) is 20.9. The van der Waals surface area contributed by atoms with Gasteiger partial charge in [-0.05, 0) is 47.8 Å². The lowest BCUT2D eigenvalue weighted by atomic mass is 10.3. The summed E-state index contributed by atoms with van der Waals surface area (Å²) in [6.45, 7) is 0.367. The summed E-state index contributed by atoms with van der Waals surface area (Å²) in [6, 6.07) is 15.7. The summed E-state index contributed by atoms with van der Waals surface area (Å²) in [6.07, 6.45) is 0. The Kier molecular flexibility index (Phi) is 4.30. The van der Waals surface area contributed by atoms with Crippen LogP contribution in [-0.2, 0) is 16.4 Å². The van der Waals surface area contributed by atoms with Crippen molar-refractivity contribution in [2.24, 2.45) is 0 Å². The van der Waals surface area contributed by atoms with Crippen LogP contribution < -0.4 is 5.73 Å². The molecule has 5 aromatic rings. The predicted octanol–water partition coefficient (Wildman–Crippen LogP) is 4.25. The molecular weight excluding hydrogens is 423 g/mol.